The van der Waals surface area contributed by atoms with E-state index in [1.54, 1.807) is 19.1 Å². The molecule has 7 heteroatoms. The largest absolute Gasteiger partial charge is 0.497 e. The summed E-state index contributed by atoms with van der Waals surface area (Å²) >= 11 is 1.45. The number of benzene rings is 2. The van der Waals surface area contributed by atoms with Crippen LogP contribution >= 0.6 is 11.3 Å². The highest BCUT2D eigenvalue weighted by molar-refractivity contribution is 7.89. The molecule has 0 bridgehead atoms. The third-order valence-corrected chi connectivity index (χ3v) is 6.68. The van der Waals surface area contributed by atoms with Crippen molar-refractivity contribution < 1.29 is 18.3 Å². The minimum Gasteiger partial charge on any atom is -0.497 e. The number of rotatable bonds is 6. The monoisotopic (exact) mass is 377 g/mol. The molecule has 0 fully saturated rings. The lowest BCUT2D eigenvalue weighted by molar-refractivity contribution is 0.0666. The molecule has 3 aromatic rings. The smallest absolute Gasteiger partial charge is 0.240 e. The molecule has 25 heavy (non-hydrogen) atoms. The van der Waals surface area contributed by atoms with Crippen LogP contribution in [0.25, 0.3) is 10.1 Å². The zero-order valence-corrected chi connectivity index (χ0v) is 15.5. The van der Waals surface area contributed by atoms with Gasteiger partial charge in [0.2, 0.25) is 10.0 Å². The van der Waals surface area contributed by atoms with E-state index < -0.39 is 15.6 Å². The van der Waals surface area contributed by atoms with Crippen molar-refractivity contribution in [3.63, 3.8) is 0 Å². The fourth-order valence-corrected chi connectivity index (χ4v) is 4.69. The molecule has 2 aromatic carbocycles. The van der Waals surface area contributed by atoms with Crippen molar-refractivity contribution in [2.75, 3.05) is 13.7 Å². The molecule has 2 N–H and O–H groups in total. The molecule has 132 valence electrons. The molecule has 0 radical (unpaired) electrons. The molecule has 0 aliphatic heterocycles. The SMILES string of the molecule is COc1cccc(S(=O)(=O)NCC(C)(O)c2cc3ccccc3s2)c1. The van der Waals surface area contributed by atoms with Crippen LogP contribution in [0.5, 0.6) is 5.75 Å². The van der Waals surface area contributed by atoms with Gasteiger partial charge >= 0.3 is 0 Å². The molecule has 0 amide bonds. The van der Waals surface area contributed by atoms with Crippen LogP contribution in [-0.2, 0) is 15.6 Å². The first-order valence-corrected chi connectivity index (χ1v) is 9.97. The Hall–Kier alpha value is -1.93. The maximum absolute atomic E-state index is 12.5. The summed E-state index contributed by atoms with van der Waals surface area (Å²) in [5.74, 6) is 0.458. The summed E-state index contributed by atoms with van der Waals surface area (Å²) in [5.41, 5.74) is -1.31. The fourth-order valence-electron chi connectivity index (χ4n) is 2.42. The maximum Gasteiger partial charge on any atom is 0.240 e. The minimum atomic E-state index is -3.75. The Morgan fingerprint density at radius 3 is 2.64 bits per heavy atom. The van der Waals surface area contributed by atoms with Crippen LogP contribution in [0.3, 0.4) is 0 Å². The highest BCUT2D eigenvalue weighted by Crippen LogP contribution is 2.33. The molecule has 0 aliphatic carbocycles. The number of fused-ring (bicyclic) bond motifs is 1. The lowest BCUT2D eigenvalue weighted by Gasteiger charge is -2.22. The Balaban J connectivity index is 1.80. The van der Waals surface area contributed by atoms with Crippen molar-refractivity contribution in [3.8, 4) is 5.75 Å². The molecule has 3 rings (SSSR count). The summed E-state index contributed by atoms with van der Waals surface area (Å²) in [6, 6.07) is 15.9. The highest BCUT2D eigenvalue weighted by atomic mass is 32.2. The third-order valence-electron chi connectivity index (χ3n) is 3.91. The lowest BCUT2D eigenvalue weighted by atomic mass is 10.1. The molecular weight excluding hydrogens is 358 g/mol. The van der Waals surface area contributed by atoms with Gasteiger partial charge < -0.3 is 9.84 Å². The van der Waals surface area contributed by atoms with Crippen LogP contribution in [0, 0.1) is 0 Å². The molecule has 0 spiro atoms. The molecule has 5 nitrogen and oxygen atoms in total. The number of ether oxygens (including phenoxy) is 1. The maximum atomic E-state index is 12.5. The van der Waals surface area contributed by atoms with Gasteiger partial charge in [-0.1, -0.05) is 24.3 Å². The Bertz CT molecular complexity index is 960. The van der Waals surface area contributed by atoms with E-state index in [-0.39, 0.29) is 11.4 Å². The average molecular weight is 377 g/mol. The van der Waals surface area contributed by atoms with Gasteiger partial charge in [0.15, 0.2) is 0 Å². The van der Waals surface area contributed by atoms with Gasteiger partial charge in [0.05, 0.1) is 12.0 Å². The van der Waals surface area contributed by atoms with Gasteiger partial charge in [-0.3, -0.25) is 0 Å². The van der Waals surface area contributed by atoms with Crippen molar-refractivity contribution in [1.82, 2.24) is 4.72 Å². The Morgan fingerprint density at radius 1 is 1.16 bits per heavy atom. The molecule has 1 unspecified atom stereocenters. The summed E-state index contributed by atoms with van der Waals surface area (Å²) in [7, 11) is -2.27. The van der Waals surface area contributed by atoms with Crippen molar-refractivity contribution >= 4 is 31.4 Å². The van der Waals surface area contributed by atoms with Gasteiger partial charge in [-0.05, 0) is 36.6 Å². The number of aliphatic hydroxyl groups is 1. The zero-order valence-electron chi connectivity index (χ0n) is 13.9. The molecule has 0 saturated heterocycles. The van der Waals surface area contributed by atoms with E-state index in [1.165, 1.54) is 30.6 Å². The summed E-state index contributed by atoms with van der Waals surface area (Å²) in [6.07, 6.45) is 0. The van der Waals surface area contributed by atoms with Crippen molar-refractivity contribution in [2.45, 2.75) is 17.4 Å². The number of methoxy groups -OCH3 is 1. The summed E-state index contributed by atoms with van der Waals surface area (Å²) in [5, 5.41) is 11.8. The van der Waals surface area contributed by atoms with E-state index in [2.05, 4.69) is 4.72 Å². The van der Waals surface area contributed by atoms with Gasteiger partial charge in [-0.25, -0.2) is 13.1 Å². The number of nitrogens with one attached hydrogen (secondary N) is 1. The van der Waals surface area contributed by atoms with Gasteiger partial charge in [-0.2, -0.15) is 0 Å². The first-order valence-electron chi connectivity index (χ1n) is 7.67. The molecule has 1 aromatic heterocycles. The van der Waals surface area contributed by atoms with Gasteiger partial charge in [0.1, 0.15) is 11.4 Å². The van der Waals surface area contributed by atoms with Crippen LogP contribution in [0.1, 0.15) is 11.8 Å². The summed E-state index contributed by atoms with van der Waals surface area (Å²) in [6.45, 7) is 1.48. The van der Waals surface area contributed by atoms with Gasteiger partial charge in [0.25, 0.3) is 0 Å². The van der Waals surface area contributed by atoms with E-state index >= 15 is 0 Å². The van der Waals surface area contributed by atoms with Gasteiger partial charge in [0, 0.05) is 22.2 Å². The van der Waals surface area contributed by atoms with E-state index in [9.17, 15) is 13.5 Å². The van der Waals surface area contributed by atoms with Crippen molar-refractivity contribution in [3.05, 3.63) is 59.5 Å². The highest BCUT2D eigenvalue weighted by Gasteiger charge is 2.28. The second kappa shape index (κ2) is 6.76. The second-order valence-corrected chi connectivity index (χ2v) is 8.78. The van der Waals surface area contributed by atoms with Crippen LogP contribution in [-0.4, -0.2) is 27.2 Å². The van der Waals surface area contributed by atoms with E-state index in [0.29, 0.717) is 10.6 Å². The normalized spacial score (nSPS) is 14.4. The first kappa shape index (κ1) is 17.9. The van der Waals surface area contributed by atoms with Crippen LogP contribution < -0.4 is 9.46 Å². The van der Waals surface area contributed by atoms with Crippen LogP contribution in [0.2, 0.25) is 0 Å². The molecule has 1 atom stereocenters. The minimum absolute atomic E-state index is 0.0963. The average Bonchev–Trinajstić information content (AvgIpc) is 3.05. The molecule has 0 aliphatic rings. The Morgan fingerprint density at radius 2 is 1.92 bits per heavy atom. The second-order valence-electron chi connectivity index (χ2n) is 5.93. The molecule has 0 saturated carbocycles. The van der Waals surface area contributed by atoms with E-state index in [0.717, 1.165) is 10.1 Å². The predicted octanol–water partition coefficient (Wildman–Crippen LogP) is 3.10. The molecular formula is C18H19NO4S2. The Labute approximate surface area is 150 Å². The topological polar surface area (TPSA) is 75.6 Å². The molecule has 1 heterocycles. The number of hydrogen-bond acceptors (Lipinski definition) is 5. The fraction of sp³-hybridized carbons (Fsp3) is 0.222. The number of hydrogen-bond donors (Lipinski definition) is 2. The Kier molecular flexibility index (Phi) is 4.83. The summed E-state index contributed by atoms with van der Waals surface area (Å²) in [4.78, 5) is 0.807. The number of sulfonamides is 1. The van der Waals surface area contributed by atoms with E-state index in [1.807, 2.05) is 30.3 Å². The predicted molar refractivity (Wildman–Crippen MR) is 99.6 cm³/mol. The van der Waals surface area contributed by atoms with E-state index in [4.69, 9.17) is 4.74 Å². The van der Waals surface area contributed by atoms with Crippen molar-refractivity contribution in [1.29, 1.82) is 0 Å². The first-order chi connectivity index (χ1) is 11.8. The standard InChI is InChI=1S/C18H19NO4S2/c1-18(20,17-10-13-6-3-4-9-16(13)24-17)12-19-25(21,22)15-8-5-7-14(11-15)23-2/h3-11,19-20H,12H2,1-2H3. The summed E-state index contributed by atoms with van der Waals surface area (Å²) < 4.78 is 33.5. The van der Waals surface area contributed by atoms with Gasteiger partial charge in [-0.15, -0.1) is 11.3 Å². The zero-order chi connectivity index (χ0) is 18.1. The van der Waals surface area contributed by atoms with Crippen LogP contribution in [0.4, 0.5) is 0 Å². The quantitative estimate of drug-likeness (QED) is 0.692. The number of thiophene rings is 1. The van der Waals surface area contributed by atoms with Crippen LogP contribution in [0.15, 0.2) is 59.5 Å². The van der Waals surface area contributed by atoms with Crippen molar-refractivity contribution in [2.24, 2.45) is 0 Å². The third kappa shape index (κ3) is 3.85. The lowest BCUT2D eigenvalue weighted by Crippen LogP contribution is -2.38.